The van der Waals surface area contributed by atoms with Crippen molar-refractivity contribution >= 4 is 120 Å². The largest absolute Gasteiger partial charge is 0.456 e. The van der Waals surface area contributed by atoms with Crippen LogP contribution in [-0.2, 0) is 0 Å². The second kappa shape index (κ2) is 12.8. The highest BCUT2D eigenvalue weighted by Gasteiger charge is 2.27. The van der Waals surface area contributed by atoms with E-state index >= 15 is 0 Å². The number of fused-ring (bicyclic) bond motifs is 13. The summed E-state index contributed by atoms with van der Waals surface area (Å²) in [6, 6.07) is 64.5. The van der Waals surface area contributed by atoms with Crippen molar-refractivity contribution in [2.24, 2.45) is 9.98 Å². The maximum atomic E-state index is 6.82. The van der Waals surface area contributed by atoms with Crippen LogP contribution >= 0.6 is 11.3 Å². The van der Waals surface area contributed by atoms with E-state index in [2.05, 4.69) is 168 Å². The molecule has 1 aliphatic heterocycles. The van der Waals surface area contributed by atoms with E-state index < -0.39 is 6.17 Å². The zero-order valence-electron chi connectivity index (χ0n) is 33.0. The van der Waals surface area contributed by atoms with Gasteiger partial charge in [-0.15, -0.1) is 11.3 Å². The molecule has 1 aliphatic rings. The van der Waals surface area contributed by atoms with E-state index in [1.807, 2.05) is 24.3 Å². The van der Waals surface area contributed by atoms with Crippen LogP contribution in [0.15, 0.2) is 201 Å². The van der Waals surface area contributed by atoms with Crippen LogP contribution in [0.1, 0.15) is 22.9 Å². The topological polar surface area (TPSA) is 68.0 Å². The van der Waals surface area contributed by atoms with Gasteiger partial charge in [-0.2, -0.15) is 0 Å². The van der Waals surface area contributed by atoms with Crippen molar-refractivity contribution in [2.75, 3.05) is 0 Å². The maximum absolute atomic E-state index is 6.82. The molecule has 4 aromatic heterocycles. The lowest BCUT2D eigenvalue weighted by atomic mass is 10.0. The second-order valence-electron chi connectivity index (χ2n) is 16.2. The Hall–Kier alpha value is -8.00. The summed E-state index contributed by atoms with van der Waals surface area (Å²) in [5.74, 6) is 1.32. The van der Waals surface area contributed by atoms with Crippen LogP contribution in [0.25, 0.3) is 102 Å². The molecule has 0 bridgehead atoms. The van der Waals surface area contributed by atoms with Gasteiger partial charge in [0.15, 0.2) is 5.84 Å². The minimum absolute atomic E-state index is 0.476. The number of rotatable bonds is 4. The summed E-state index contributed by atoms with van der Waals surface area (Å²) in [7, 11) is 0. The van der Waals surface area contributed by atoms with Crippen molar-refractivity contribution in [1.29, 1.82) is 0 Å². The van der Waals surface area contributed by atoms with E-state index in [-0.39, 0.29) is 0 Å². The number of hydrogen-bond donors (Lipinski definition) is 1. The first-order valence-electron chi connectivity index (χ1n) is 20.8. The summed E-state index contributed by atoms with van der Waals surface area (Å²) in [6.45, 7) is 0. The quantitative estimate of drug-likeness (QED) is 0.192. The Bertz CT molecular complexity index is 4110. The molecule has 13 aromatic rings. The van der Waals surface area contributed by atoms with Gasteiger partial charge >= 0.3 is 0 Å². The van der Waals surface area contributed by atoms with E-state index in [0.29, 0.717) is 11.7 Å². The normalized spacial score (nSPS) is 14.6. The third kappa shape index (κ3) is 4.97. The smallest absolute Gasteiger partial charge is 0.159 e. The first-order chi connectivity index (χ1) is 30.7. The predicted molar refractivity (Wildman–Crippen MR) is 258 cm³/mol. The number of furan rings is 2. The Morgan fingerprint density at radius 1 is 0.484 bits per heavy atom. The lowest BCUT2D eigenvalue weighted by molar-refractivity contribution is 0.651. The molecule has 1 N–H and O–H groups in total. The maximum Gasteiger partial charge on any atom is 0.159 e. The van der Waals surface area contributed by atoms with Gasteiger partial charge in [0, 0.05) is 69.3 Å². The Balaban J connectivity index is 1.02. The molecule has 0 saturated carbocycles. The highest BCUT2D eigenvalue weighted by atomic mass is 32.1. The molecule has 0 aliphatic carbocycles. The van der Waals surface area contributed by atoms with Crippen molar-refractivity contribution in [3.63, 3.8) is 0 Å². The van der Waals surface area contributed by atoms with Gasteiger partial charge < -0.3 is 18.7 Å². The first-order valence-corrected chi connectivity index (χ1v) is 21.6. The Morgan fingerprint density at radius 2 is 1.16 bits per heavy atom. The standard InChI is InChI=1S/C55H32N4O2S/c1-2-12-32-26-46-42(25-31(32)11-1)36-13-3-7-17-45(36)59(46)35-29-43-38-15-5-9-19-48(38)61-52(43)44(30-35)55-57-53(33-21-23-39-37-14-4-8-18-47(37)60-49(39)27-33)56-54(58-55)34-22-24-41-40-16-6-10-20-50(40)62-51(41)28-34/h1-30,53H,(H,56,57,58). The molecule has 0 saturated heterocycles. The van der Waals surface area contributed by atoms with Gasteiger partial charge in [0.05, 0.1) is 16.6 Å². The molecular weight excluding hydrogens is 781 g/mol. The first kappa shape index (κ1) is 33.8. The Morgan fingerprint density at radius 3 is 2.03 bits per heavy atom. The summed E-state index contributed by atoms with van der Waals surface area (Å²) >= 11 is 1.80. The van der Waals surface area contributed by atoms with Crippen LogP contribution in [0.5, 0.6) is 0 Å². The third-order valence-electron chi connectivity index (χ3n) is 12.6. The van der Waals surface area contributed by atoms with Crippen LogP contribution in [0, 0.1) is 0 Å². The molecular formula is C55H32N4O2S. The SMILES string of the molecule is c1ccc2cc3c(cc2c1)c1ccccc1n3-c1cc(C2=NC(c3ccc4c(c3)sc3ccccc34)=NC(c3ccc4c(c3)oc3ccccc34)N2)c2oc3ccccc3c2c1. The monoisotopic (exact) mass is 812 g/mol. The van der Waals surface area contributed by atoms with E-state index in [1.165, 1.54) is 41.7 Å². The van der Waals surface area contributed by atoms with Crippen molar-refractivity contribution in [3.05, 3.63) is 199 Å². The van der Waals surface area contributed by atoms with Gasteiger partial charge in [-0.25, -0.2) is 9.98 Å². The van der Waals surface area contributed by atoms with Crippen LogP contribution < -0.4 is 5.32 Å². The number of para-hydroxylation sites is 3. The number of aromatic nitrogens is 1. The molecule has 0 spiro atoms. The van der Waals surface area contributed by atoms with Gasteiger partial charge in [0.1, 0.15) is 34.3 Å². The molecule has 290 valence electrons. The third-order valence-corrected chi connectivity index (χ3v) is 13.7. The number of hydrogen-bond acceptors (Lipinski definition) is 6. The molecule has 0 radical (unpaired) electrons. The highest BCUT2D eigenvalue weighted by Crippen LogP contribution is 2.40. The predicted octanol–water partition coefficient (Wildman–Crippen LogP) is 14.6. The number of amidine groups is 2. The molecule has 1 unspecified atom stereocenters. The van der Waals surface area contributed by atoms with Gasteiger partial charge in [-0.05, 0) is 71.4 Å². The fourth-order valence-electron chi connectivity index (χ4n) is 9.71. The molecule has 0 fully saturated rings. The number of thiophene rings is 1. The number of nitrogens with zero attached hydrogens (tertiary/aromatic N) is 3. The zero-order valence-corrected chi connectivity index (χ0v) is 33.8. The minimum Gasteiger partial charge on any atom is -0.456 e. The minimum atomic E-state index is -0.476. The van der Waals surface area contributed by atoms with Gasteiger partial charge in [0.2, 0.25) is 0 Å². The van der Waals surface area contributed by atoms with Crippen molar-refractivity contribution in [1.82, 2.24) is 9.88 Å². The summed E-state index contributed by atoms with van der Waals surface area (Å²) in [6.07, 6.45) is -0.476. The Labute approximate surface area is 357 Å². The molecule has 9 aromatic carbocycles. The lowest BCUT2D eigenvalue weighted by Gasteiger charge is -2.24. The molecule has 1 atom stereocenters. The van der Waals surface area contributed by atoms with Crippen molar-refractivity contribution < 1.29 is 8.83 Å². The van der Waals surface area contributed by atoms with Crippen LogP contribution in [0.2, 0.25) is 0 Å². The van der Waals surface area contributed by atoms with Crippen LogP contribution in [0.4, 0.5) is 0 Å². The molecule has 0 amide bonds. The number of aliphatic imine (C=N–C) groups is 2. The number of nitrogens with one attached hydrogen (secondary N) is 1. The lowest BCUT2D eigenvalue weighted by Crippen LogP contribution is -2.33. The molecule has 5 heterocycles. The van der Waals surface area contributed by atoms with Crippen molar-refractivity contribution in [2.45, 2.75) is 6.17 Å². The molecule has 7 heteroatoms. The van der Waals surface area contributed by atoms with E-state index in [0.717, 1.165) is 77.3 Å². The molecule has 6 nitrogen and oxygen atoms in total. The van der Waals surface area contributed by atoms with Gasteiger partial charge in [-0.1, -0.05) is 121 Å². The average Bonchev–Trinajstić information content (AvgIpc) is 4.08. The zero-order chi connectivity index (χ0) is 40.5. The second-order valence-corrected chi connectivity index (χ2v) is 17.2. The number of benzene rings is 9. The van der Waals surface area contributed by atoms with E-state index in [9.17, 15) is 0 Å². The summed E-state index contributed by atoms with van der Waals surface area (Å²) < 4.78 is 18.1. The van der Waals surface area contributed by atoms with E-state index in [4.69, 9.17) is 18.8 Å². The Kier molecular flexibility index (Phi) is 6.95. The van der Waals surface area contributed by atoms with Crippen LogP contribution in [-0.4, -0.2) is 16.2 Å². The van der Waals surface area contributed by atoms with Crippen LogP contribution in [0.3, 0.4) is 0 Å². The average molecular weight is 813 g/mol. The highest BCUT2D eigenvalue weighted by molar-refractivity contribution is 7.25. The van der Waals surface area contributed by atoms with E-state index in [1.54, 1.807) is 11.3 Å². The summed E-state index contributed by atoms with van der Waals surface area (Å²) in [5, 5.41) is 15.3. The summed E-state index contributed by atoms with van der Waals surface area (Å²) in [5.41, 5.74) is 9.32. The molecule has 62 heavy (non-hydrogen) atoms. The fourth-order valence-corrected chi connectivity index (χ4v) is 10.9. The van der Waals surface area contributed by atoms with Gasteiger partial charge in [-0.3, -0.25) is 0 Å². The summed E-state index contributed by atoms with van der Waals surface area (Å²) in [4.78, 5) is 10.8. The fraction of sp³-hybridized carbons (Fsp3) is 0.0182. The van der Waals surface area contributed by atoms with Gasteiger partial charge in [0.25, 0.3) is 0 Å². The van der Waals surface area contributed by atoms with Crippen molar-refractivity contribution in [3.8, 4) is 5.69 Å². The molecule has 14 rings (SSSR count).